The number of likely N-dealkylation sites (tertiary alicyclic amines) is 1. The van der Waals surface area contributed by atoms with E-state index >= 15 is 0 Å². The third-order valence-electron chi connectivity index (χ3n) is 6.54. The lowest BCUT2D eigenvalue weighted by Crippen LogP contribution is -2.44. The van der Waals surface area contributed by atoms with Gasteiger partial charge in [0.15, 0.2) is 0 Å². The molecule has 1 saturated heterocycles. The van der Waals surface area contributed by atoms with Crippen molar-refractivity contribution in [1.82, 2.24) is 4.90 Å². The Morgan fingerprint density at radius 2 is 1.53 bits per heavy atom. The molecular formula is C29H27NO6. The van der Waals surface area contributed by atoms with Gasteiger partial charge in [0.1, 0.15) is 12.6 Å². The number of amides is 1. The minimum atomic E-state index is -1.34. The first kappa shape index (κ1) is 24.7. The molecule has 1 heterocycles. The van der Waals surface area contributed by atoms with Crippen LogP contribution in [0.3, 0.4) is 0 Å². The van der Waals surface area contributed by atoms with Gasteiger partial charge in [0, 0.05) is 18.4 Å². The van der Waals surface area contributed by atoms with Crippen LogP contribution in [0.1, 0.15) is 17.5 Å². The van der Waals surface area contributed by atoms with Crippen molar-refractivity contribution >= 4 is 23.6 Å². The first-order valence-corrected chi connectivity index (χ1v) is 11.6. The summed E-state index contributed by atoms with van der Waals surface area (Å²) in [5, 5.41) is 19.5. The highest BCUT2D eigenvalue weighted by molar-refractivity contribution is 5.84. The lowest BCUT2D eigenvalue weighted by Gasteiger charge is -2.24. The Hall–Kier alpha value is -4.39. The van der Waals surface area contributed by atoms with Crippen LogP contribution >= 0.6 is 0 Å². The van der Waals surface area contributed by atoms with Gasteiger partial charge in [0.2, 0.25) is 0 Å². The van der Waals surface area contributed by atoms with Gasteiger partial charge >= 0.3 is 18.0 Å². The molecule has 0 bridgehead atoms. The lowest BCUT2D eigenvalue weighted by atomic mass is 9.80. The highest BCUT2D eigenvalue weighted by Gasteiger charge is 2.50. The highest BCUT2D eigenvalue weighted by atomic mass is 16.6. The van der Waals surface area contributed by atoms with E-state index in [9.17, 15) is 24.6 Å². The second-order valence-electron chi connectivity index (χ2n) is 8.82. The third kappa shape index (κ3) is 5.46. The second kappa shape index (κ2) is 10.9. The third-order valence-corrected chi connectivity index (χ3v) is 6.54. The second-order valence-corrected chi connectivity index (χ2v) is 8.82. The molecule has 0 aliphatic carbocycles. The summed E-state index contributed by atoms with van der Waals surface area (Å²) >= 11 is 0. The molecule has 7 heteroatoms. The van der Waals surface area contributed by atoms with Crippen LogP contribution < -0.4 is 0 Å². The SMILES string of the molecule is C=C(c1cccc(-c2ccccc2)c1)[C@@H]1CN(C(=O)OCc2ccccc2)[C@H](C(=O)O)[C@H]1CC(=O)O. The van der Waals surface area contributed by atoms with Crippen LogP contribution in [0, 0.1) is 11.8 Å². The molecule has 3 atom stereocenters. The number of hydrogen-bond donors (Lipinski definition) is 2. The summed E-state index contributed by atoms with van der Waals surface area (Å²) in [5.74, 6) is -3.84. The zero-order chi connectivity index (χ0) is 25.7. The maximum atomic E-state index is 13.0. The Kier molecular flexibility index (Phi) is 7.49. The van der Waals surface area contributed by atoms with Crippen LogP contribution in [-0.2, 0) is 20.9 Å². The molecule has 3 aromatic rings. The molecule has 4 rings (SSSR count). The zero-order valence-electron chi connectivity index (χ0n) is 19.6. The Morgan fingerprint density at radius 3 is 2.17 bits per heavy atom. The first-order valence-electron chi connectivity index (χ1n) is 11.6. The van der Waals surface area contributed by atoms with Crippen LogP contribution in [0.15, 0.2) is 91.5 Å². The van der Waals surface area contributed by atoms with Gasteiger partial charge in [-0.3, -0.25) is 9.69 Å². The van der Waals surface area contributed by atoms with E-state index < -0.39 is 42.3 Å². The zero-order valence-corrected chi connectivity index (χ0v) is 19.6. The number of carbonyl (C=O) groups excluding carboxylic acids is 1. The number of carboxylic acids is 2. The van der Waals surface area contributed by atoms with Crippen molar-refractivity contribution in [2.24, 2.45) is 11.8 Å². The summed E-state index contributed by atoms with van der Waals surface area (Å²) in [4.78, 5) is 38.0. The van der Waals surface area contributed by atoms with Crippen LogP contribution in [0.2, 0.25) is 0 Å². The molecule has 1 aliphatic heterocycles. The smallest absolute Gasteiger partial charge is 0.410 e. The number of benzene rings is 3. The van der Waals surface area contributed by atoms with Gasteiger partial charge in [-0.25, -0.2) is 9.59 Å². The normalized spacial score (nSPS) is 19.0. The largest absolute Gasteiger partial charge is 0.481 e. The summed E-state index contributed by atoms with van der Waals surface area (Å²) in [6.45, 7) is 4.20. The molecule has 3 aromatic carbocycles. The van der Waals surface area contributed by atoms with Crippen molar-refractivity contribution in [2.75, 3.05) is 6.54 Å². The maximum Gasteiger partial charge on any atom is 0.410 e. The molecule has 0 aromatic heterocycles. The van der Waals surface area contributed by atoms with Crippen molar-refractivity contribution in [1.29, 1.82) is 0 Å². The van der Waals surface area contributed by atoms with E-state index in [1.54, 1.807) is 12.1 Å². The molecule has 36 heavy (non-hydrogen) atoms. The number of ether oxygens (including phenoxy) is 1. The van der Waals surface area contributed by atoms with Crippen LogP contribution in [0.4, 0.5) is 4.79 Å². The lowest BCUT2D eigenvalue weighted by molar-refractivity contribution is -0.144. The summed E-state index contributed by atoms with van der Waals surface area (Å²) < 4.78 is 5.40. The summed E-state index contributed by atoms with van der Waals surface area (Å²) in [7, 11) is 0. The van der Waals surface area contributed by atoms with Gasteiger partial charge in [-0.05, 0) is 33.9 Å². The molecule has 7 nitrogen and oxygen atoms in total. The maximum absolute atomic E-state index is 13.0. The van der Waals surface area contributed by atoms with E-state index in [4.69, 9.17) is 4.74 Å². The monoisotopic (exact) mass is 485 g/mol. The van der Waals surface area contributed by atoms with Gasteiger partial charge in [-0.2, -0.15) is 0 Å². The number of carbonyl (C=O) groups is 3. The highest BCUT2D eigenvalue weighted by Crippen LogP contribution is 2.41. The van der Waals surface area contributed by atoms with Crippen molar-refractivity contribution in [2.45, 2.75) is 19.1 Å². The van der Waals surface area contributed by atoms with Crippen LogP contribution in [0.25, 0.3) is 16.7 Å². The van der Waals surface area contributed by atoms with E-state index in [0.29, 0.717) is 5.57 Å². The van der Waals surface area contributed by atoms with Crippen molar-refractivity contribution < 1.29 is 29.3 Å². The van der Waals surface area contributed by atoms with Gasteiger partial charge in [-0.1, -0.05) is 85.4 Å². The molecule has 0 saturated carbocycles. The number of nitrogens with zero attached hydrogens (tertiary/aromatic N) is 1. The molecule has 0 radical (unpaired) electrons. The molecule has 0 unspecified atom stereocenters. The van der Waals surface area contributed by atoms with Crippen LogP contribution in [0.5, 0.6) is 0 Å². The van der Waals surface area contributed by atoms with E-state index in [-0.39, 0.29) is 13.2 Å². The number of aliphatic carboxylic acids is 2. The Bertz CT molecular complexity index is 1260. The predicted molar refractivity (Wildman–Crippen MR) is 135 cm³/mol. The average Bonchev–Trinajstić information content (AvgIpc) is 3.27. The topological polar surface area (TPSA) is 104 Å². The summed E-state index contributed by atoms with van der Waals surface area (Å²) in [6.07, 6.45) is -1.21. The molecule has 1 fully saturated rings. The van der Waals surface area contributed by atoms with E-state index in [2.05, 4.69) is 6.58 Å². The van der Waals surface area contributed by atoms with E-state index in [1.165, 1.54) is 0 Å². The minimum absolute atomic E-state index is 0.00304. The molecule has 184 valence electrons. The summed E-state index contributed by atoms with van der Waals surface area (Å²) in [5.41, 5.74) is 4.08. The van der Waals surface area contributed by atoms with Gasteiger partial charge in [0.05, 0.1) is 6.42 Å². The first-order chi connectivity index (χ1) is 17.3. The van der Waals surface area contributed by atoms with Gasteiger partial charge in [0.25, 0.3) is 0 Å². The molecule has 0 spiro atoms. The standard InChI is InChI=1S/C29H27NO6/c1-19(22-13-8-14-23(15-22)21-11-6-3-7-12-21)25-17-30(27(28(33)34)24(25)16-26(31)32)29(35)36-18-20-9-4-2-5-10-20/h2-15,24-25,27H,1,16-18H2,(H,31,32)(H,33,34)/t24-,25-,27-/m0/s1. The minimum Gasteiger partial charge on any atom is -0.481 e. The molecule has 1 amide bonds. The van der Waals surface area contributed by atoms with Crippen molar-refractivity contribution in [3.05, 3.63) is 103 Å². The van der Waals surface area contributed by atoms with Crippen molar-refractivity contribution in [3.63, 3.8) is 0 Å². The Balaban J connectivity index is 1.61. The summed E-state index contributed by atoms with van der Waals surface area (Å²) in [6, 6.07) is 25.1. The fourth-order valence-corrected chi connectivity index (χ4v) is 4.79. The average molecular weight is 486 g/mol. The van der Waals surface area contributed by atoms with Gasteiger partial charge in [-0.15, -0.1) is 0 Å². The molecule has 2 N–H and O–H groups in total. The van der Waals surface area contributed by atoms with E-state index in [1.807, 2.05) is 72.8 Å². The van der Waals surface area contributed by atoms with Crippen molar-refractivity contribution in [3.8, 4) is 11.1 Å². The number of rotatable bonds is 8. The van der Waals surface area contributed by atoms with E-state index in [0.717, 1.165) is 27.2 Å². The molecule has 1 aliphatic rings. The Morgan fingerprint density at radius 1 is 0.889 bits per heavy atom. The fourth-order valence-electron chi connectivity index (χ4n) is 4.79. The quantitative estimate of drug-likeness (QED) is 0.456. The number of hydrogen-bond acceptors (Lipinski definition) is 4. The Labute approximate surface area is 209 Å². The predicted octanol–water partition coefficient (Wildman–Crippen LogP) is 5.18. The fraction of sp³-hybridized carbons (Fsp3) is 0.207. The van der Waals surface area contributed by atoms with Gasteiger partial charge < -0.3 is 14.9 Å². The molecular weight excluding hydrogens is 458 g/mol. The number of carboxylic acid groups (broad SMARTS) is 2. The van der Waals surface area contributed by atoms with Crippen LogP contribution in [-0.4, -0.2) is 45.7 Å².